The fourth-order valence-electron chi connectivity index (χ4n) is 3.12. The number of benzene rings is 1. The van der Waals surface area contributed by atoms with E-state index in [1.807, 2.05) is 18.2 Å². The Hall–Kier alpha value is -2.68. The van der Waals surface area contributed by atoms with E-state index in [1.54, 1.807) is 0 Å². The third-order valence-corrected chi connectivity index (χ3v) is 4.22. The molecule has 0 saturated carbocycles. The zero-order valence-electron chi connectivity index (χ0n) is 13.0. The van der Waals surface area contributed by atoms with E-state index in [1.165, 1.54) is 22.4 Å². The van der Waals surface area contributed by atoms with Gasteiger partial charge in [0.05, 0.1) is 0 Å². The van der Waals surface area contributed by atoms with Crippen molar-refractivity contribution < 1.29 is 4.57 Å². The molecule has 3 heterocycles. The lowest BCUT2D eigenvalue weighted by atomic mass is 10.0. The maximum Gasteiger partial charge on any atom is 0.214 e. The number of hydrogen-bond acceptors (Lipinski definition) is 1. The summed E-state index contributed by atoms with van der Waals surface area (Å²) in [7, 11) is 2.09. The molecule has 0 fully saturated rings. The number of nitrogens with zero attached hydrogens (tertiary/aromatic N) is 3. The number of aryl methyl sites for hydroxylation is 3. The molecule has 0 aliphatic carbocycles. The normalized spacial score (nSPS) is 11.4. The lowest BCUT2D eigenvalue weighted by Gasteiger charge is -2.05. The van der Waals surface area contributed by atoms with Gasteiger partial charge >= 0.3 is 0 Å². The van der Waals surface area contributed by atoms with Crippen LogP contribution < -0.4 is 4.57 Å². The summed E-state index contributed by atoms with van der Waals surface area (Å²) in [4.78, 5) is 4.74. The molecule has 3 aromatic heterocycles. The highest BCUT2D eigenvalue weighted by Gasteiger charge is 2.16. The zero-order chi connectivity index (χ0) is 15.3. The Morgan fingerprint density at radius 1 is 1.05 bits per heavy atom. The summed E-state index contributed by atoms with van der Waals surface area (Å²) in [6.45, 7) is 4.29. The van der Waals surface area contributed by atoms with E-state index in [-0.39, 0.29) is 0 Å². The molecular weight excluding hydrogens is 270 g/mol. The molecule has 0 aliphatic rings. The van der Waals surface area contributed by atoms with Crippen molar-refractivity contribution in [1.82, 2.24) is 9.38 Å². The number of rotatable bonds is 1. The minimum absolute atomic E-state index is 0.982. The minimum Gasteiger partial charge on any atom is -0.295 e. The van der Waals surface area contributed by atoms with Crippen LogP contribution in [0, 0.1) is 13.8 Å². The van der Waals surface area contributed by atoms with Crippen molar-refractivity contribution in [3.8, 4) is 11.3 Å². The molecule has 0 radical (unpaired) electrons. The summed E-state index contributed by atoms with van der Waals surface area (Å²) in [5.74, 6) is 0. The Morgan fingerprint density at radius 3 is 2.73 bits per heavy atom. The highest BCUT2D eigenvalue weighted by molar-refractivity contribution is 5.82. The lowest BCUT2D eigenvalue weighted by Crippen LogP contribution is -2.30. The third kappa shape index (κ3) is 1.90. The van der Waals surface area contributed by atoms with E-state index in [9.17, 15) is 0 Å². The van der Waals surface area contributed by atoms with Crippen LogP contribution in [0.5, 0.6) is 0 Å². The van der Waals surface area contributed by atoms with Crippen molar-refractivity contribution in [3.05, 3.63) is 66.0 Å². The summed E-state index contributed by atoms with van der Waals surface area (Å²) in [6.07, 6.45) is 4.21. The average molecular weight is 288 g/mol. The van der Waals surface area contributed by atoms with Crippen LogP contribution in [-0.2, 0) is 7.05 Å². The third-order valence-electron chi connectivity index (χ3n) is 4.22. The first kappa shape index (κ1) is 13.0. The molecule has 0 spiro atoms. The second kappa shape index (κ2) is 4.67. The molecule has 4 rings (SSSR count). The maximum absolute atomic E-state index is 4.74. The average Bonchev–Trinajstić information content (AvgIpc) is 2.85. The van der Waals surface area contributed by atoms with Gasteiger partial charge in [0.15, 0.2) is 6.20 Å². The molecular formula is C19H18N3+. The molecule has 0 atom stereocenters. The quantitative estimate of drug-likeness (QED) is 0.490. The Balaban J connectivity index is 2.02. The van der Waals surface area contributed by atoms with Crippen molar-refractivity contribution in [2.75, 3.05) is 0 Å². The number of pyridine rings is 2. The van der Waals surface area contributed by atoms with E-state index in [0.29, 0.717) is 0 Å². The topological polar surface area (TPSA) is 21.2 Å². The second-order valence-electron chi connectivity index (χ2n) is 5.90. The first-order valence-corrected chi connectivity index (χ1v) is 7.47. The van der Waals surface area contributed by atoms with Gasteiger partial charge in [-0.2, -0.15) is 4.57 Å². The van der Waals surface area contributed by atoms with Crippen LogP contribution in [-0.4, -0.2) is 9.38 Å². The molecule has 0 N–H and O–H groups in total. The molecule has 0 amide bonds. The SMILES string of the molecule is Cc1ccc(-c2cc3nc4ccccn4c3c[n+]2C)c(C)c1. The standard InChI is InChI=1S/C19H18N3/c1-13-7-8-15(14(2)10-13)17-11-16-18(12-21(17)3)22-9-5-4-6-19(22)20-16/h4-12H,1-3H3/q+1. The molecule has 3 nitrogen and oxygen atoms in total. The van der Waals surface area contributed by atoms with Crippen LogP contribution >= 0.6 is 0 Å². The summed E-state index contributed by atoms with van der Waals surface area (Å²) >= 11 is 0. The smallest absolute Gasteiger partial charge is 0.214 e. The molecule has 108 valence electrons. The molecule has 0 aliphatic heterocycles. The van der Waals surface area contributed by atoms with Gasteiger partial charge in [-0.3, -0.25) is 4.40 Å². The Labute approximate surface area is 129 Å². The zero-order valence-corrected chi connectivity index (χ0v) is 13.0. The largest absolute Gasteiger partial charge is 0.295 e. The van der Waals surface area contributed by atoms with Crippen molar-refractivity contribution >= 4 is 16.7 Å². The van der Waals surface area contributed by atoms with Crippen LogP contribution in [0.1, 0.15) is 11.1 Å². The first-order chi connectivity index (χ1) is 10.6. The Kier molecular flexibility index (Phi) is 2.76. The fraction of sp³-hybridized carbons (Fsp3) is 0.158. The highest BCUT2D eigenvalue weighted by atomic mass is 15.0. The second-order valence-corrected chi connectivity index (χ2v) is 5.90. The van der Waals surface area contributed by atoms with Gasteiger partial charge in [0.2, 0.25) is 5.69 Å². The number of fused-ring (bicyclic) bond motifs is 3. The molecule has 0 saturated heterocycles. The van der Waals surface area contributed by atoms with Crippen molar-refractivity contribution in [3.63, 3.8) is 0 Å². The van der Waals surface area contributed by atoms with E-state index in [4.69, 9.17) is 4.98 Å². The van der Waals surface area contributed by atoms with Crippen LogP contribution in [0.3, 0.4) is 0 Å². The predicted molar refractivity (Wildman–Crippen MR) is 88.8 cm³/mol. The molecule has 3 heteroatoms. The van der Waals surface area contributed by atoms with Crippen LogP contribution in [0.15, 0.2) is 54.9 Å². The Morgan fingerprint density at radius 2 is 1.91 bits per heavy atom. The molecule has 22 heavy (non-hydrogen) atoms. The van der Waals surface area contributed by atoms with Gasteiger partial charge in [0.25, 0.3) is 0 Å². The summed E-state index contributed by atoms with van der Waals surface area (Å²) in [5, 5.41) is 0. The van der Waals surface area contributed by atoms with Crippen LogP contribution in [0.4, 0.5) is 0 Å². The van der Waals surface area contributed by atoms with Gasteiger partial charge in [-0.05, 0) is 37.6 Å². The predicted octanol–water partition coefficient (Wildman–Crippen LogP) is 3.60. The van der Waals surface area contributed by atoms with E-state index >= 15 is 0 Å². The monoisotopic (exact) mass is 288 g/mol. The van der Waals surface area contributed by atoms with Gasteiger partial charge in [-0.25, -0.2) is 4.98 Å². The number of imidazole rings is 1. The Bertz CT molecular complexity index is 1010. The highest BCUT2D eigenvalue weighted by Crippen LogP contribution is 2.24. The van der Waals surface area contributed by atoms with Crippen molar-refractivity contribution in [2.45, 2.75) is 13.8 Å². The molecule has 4 aromatic rings. The minimum atomic E-state index is 0.982. The lowest BCUT2D eigenvalue weighted by molar-refractivity contribution is -0.659. The van der Waals surface area contributed by atoms with Gasteiger partial charge in [-0.1, -0.05) is 23.8 Å². The van der Waals surface area contributed by atoms with Crippen molar-refractivity contribution in [1.29, 1.82) is 0 Å². The fourth-order valence-corrected chi connectivity index (χ4v) is 3.12. The van der Waals surface area contributed by atoms with Gasteiger partial charge in [0.1, 0.15) is 23.7 Å². The molecule has 0 bridgehead atoms. The molecule has 1 aromatic carbocycles. The van der Waals surface area contributed by atoms with Crippen LogP contribution in [0.25, 0.3) is 27.9 Å². The van der Waals surface area contributed by atoms with E-state index in [2.05, 4.69) is 66.5 Å². The maximum atomic E-state index is 4.74. The van der Waals surface area contributed by atoms with Crippen LogP contribution in [0.2, 0.25) is 0 Å². The van der Waals surface area contributed by atoms with Gasteiger partial charge in [0, 0.05) is 17.8 Å². The van der Waals surface area contributed by atoms with E-state index < -0.39 is 0 Å². The summed E-state index contributed by atoms with van der Waals surface area (Å²) < 4.78 is 4.31. The van der Waals surface area contributed by atoms with Gasteiger partial charge in [-0.15, -0.1) is 0 Å². The molecule has 0 unspecified atom stereocenters. The van der Waals surface area contributed by atoms with E-state index in [0.717, 1.165) is 16.7 Å². The summed E-state index contributed by atoms with van der Waals surface area (Å²) in [6, 6.07) is 14.9. The van der Waals surface area contributed by atoms with Crippen molar-refractivity contribution in [2.24, 2.45) is 7.05 Å². The summed E-state index contributed by atoms with van der Waals surface area (Å²) in [5.41, 5.74) is 8.16. The first-order valence-electron chi connectivity index (χ1n) is 7.47. The number of aromatic nitrogens is 3. The van der Waals surface area contributed by atoms with Gasteiger partial charge < -0.3 is 0 Å². The number of hydrogen-bond donors (Lipinski definition) is 0.